The zero-order valence-corrected chi connectivity index (χ0v) is 8.26. The van der Waals surface area contributed by atoms with E-state index in [9.17, 15) is 9.59 Å². The van der Waals surface area contributed by atoms with Gasteiger partial charge in [-0.2, -0.15) is 0 Å². The van der Waals surface area contributed by atoms with Crippen molar-refractivity contribution in [3.8, 4) is 0 Å². The van der Waals surface area contributed by atoms with Crippen molar-refractivity contribution in [1.82, 2.24) is 10.3 Å². The van der Waals surface area contributed by atoms with Gasteiger partial charge in [0.2, 0.25) is 6.41 Å². The van der Waals surface area contributed by atoms with Crippen LogP contribution in [-0.4, -0.2) is 24.6 Å². The number of amides is 2. The quantitative estimate of drug-likeness (QED) is 0.719. The Bertz CT molecular complexity index is 326. The second-order valence-electron chi connectivity index (χ2n) is 2.24. The molecule has 0 saturated carbocycles. The maximum Gasteiger partial charge on any atom is 0.412 e. The van der Waals surface area contributed by atoms with Gasteiger partial charge >= 0.3 is 6.09 Å². The number of carbonyl (C=O) groups is 2. The van der Waals surface area contributed by atoms with E-state index in [1.54, 1.807) is 5.38 Å². The first kappa shape index (κ1) is 10.5. The first-order valence-corrected chi connectivity index (χ1v) is 4.60. The molecule has 1 heterocycles. The van der Waals surface area contributed by atoms with Crippen LogP contribution in [0.4, 0.5) is 10.6 Å². The van der Waals surface area contributed by atoms with Crippen LogP contribution < -0.4 is 10.6 Å². The molecule has 6 nitrogen and oxygen atoms in total. The molecule has 1 aromatic rings. The molecule has 0 spiro atoms. The Hall–Kier alpha value is -1.63. The van der Waals surface area contributed by atoms with Crippen LogP contribution in [0, 0.1) is 0 Å². The molecule has 1 rings (SSSR count). The van der Waals surface area contributed by atoms with Gasteiger partial charge in [-0.1, -0.05) is 0 Å². The van der Waals surface area contributed by atoms with Gasteiger partial charge < -0.3 is 10.1 Å². The molecule has 0 atom stereocenters. The third kappa shape index (κ3) is 3.02. The molecule has 0 aliphatic heterocycles. The van der Waals surface area contributed by atoms with E-state index in [0.717, 1.165) is 0 Å². The molecule has 0 aliphatic carbocycles. The lowest BCUT2D eigenvalue weighted by atomic mass is 10.6. The van der Waals surface area contributed by atoms with Crippen molar-refractivity contribution in [1.29, 1.82) is 0 Å². The number of carbonyl (C=O) groups excluding carboxylic acids is 2. The highest BCUT2D eigenvalue weighted by Gasteiger charge is 2.04. The van der Waals surface area contributed by atoms with Crippen LogP contribution >= 0.6 is 11.3 Å². The molecule has 76 valence electrons. The SMILES string of the molecule is COC(=O)Nc1csc(CNC=O)n1. The summed E-state index contributed by atoms with van der Waals surface area (Å²) in [5.41, 5.74) is 0. The molecular formula is C7H9N3O3S. The summed E-state index contributed by atoms with van der Waals surface area (Å²) in [6.07, 6.45) is 0.0274. The Kier molecular flexibility index (Phi) is 3.86. The average molecular weight is 215 g/mol. The van der Waals surface area contributed by atoms with E-state index in [1.165, 1.54) is 18.4 Å². The minimum absolute atomic E-state index is 0.358. The third-order valence-electron chi connectivity index (χ3n) is 1.30. The van der Waals surface area contributed by atoms with Crippen molar-refractivity contribution in [2.75, 3.05) is 12.4 Å². The van der Waals surface area contributed by atoms with Gasteiger partial charge in [-0.05, 0) is 0 Å². The molecular weight excluding hydrogens is 206 g/mol. The Balaban J connectivity index is 2.50. The highest BCUT2D eigenvalue weighted by Crippen LogP contribution is 2.13. The minimum atomic E-state index is -0.565. The van der Waals surface area contributed by atoms with Gasteiger partial charge in [0.1, 0.15) is 10.8 Å². The molecule has 2 N–H and O–H groups in total. The minimum Gasteiger partial charge on any atom is -0.453 e. The van der Waals surface area contributed by atoms with E-state index in [-0.39, 0.29) is 0 Å². The first-order chi connectivity index (χ1) is 6.76. The number of thiazole rings is 1. The van der Waals surface area contributed by atoms with Gasteiger partial charge in [0.15, 0.2) is 0 Å². The lowest BCUT2D eigenvalue weighted by molar-refractivity contribution is -0.109. The van der Waals surface area contributed by atoms with Gasteiger partial charge in [0.05, 0.1) is 13.7 Å². The Morgan fingerprint density at radius 2 is 2.57 bits per heavy atom. The number of ether oxygens (including phenoxy) is 1. The number of nitrogens with zero attached hydrogens (tertiary/aromatic N) is 1. The van der Waals surface area contributed by atoms with Crippen molar-refractivity contribution >= 4 is 29.7 Å². The second kappa shape index (κ2) is 5.18. The number of aromatic nitrogens is 1. The lowest BCUT2D eigenvalue weighted by Crippen LogP contribution is -2.12. The molecule has 0 saturated heterocycles. The summed E-state index contributed by atoms with van der Waals surface area (Å²) in [4.78, 5) is 24.8. The maximum atomic E-state index is 10.8. The van der Waals surface area contributed by atoms with E-state index in [4.69, 9.17) is 0 Å². The normalized spacial score (nSPS) is 9.21. The summed E-state index contributed by atoms with van der Waals surface area (Å²) in [5, 5.41) is 7.26. The molecule has 0 unspecified atom stereocenters. The summed E-state index contributed by atoms with van der Waals surface area (Å²) in [6, 6.07) is 0. The van der Waals surface area contributed by atoms with E-state index in [2.05, 4.69) is 20.4 Å². The molecule has 0 aromatic carbocycles. The summed E-state index contributed by atoms with van der Waals surface area (Å²) >= 11 is 1.34. The average Bonchev–Trinajstić information content (AvgIpc) is 2.62. The van der Waals surface area contributed by atoms with E-state index < -0.39 is 6.09 Å². The maximum absolute atomic E-state index is 10.8. The fourth-order valence-electron chi connectivity index (χ4n) is 0.734. The highest BCUT2D eigenvalue weighted by atomic mass is 32.1. The molecule has 0 bridgehead atoms. The zero-order valence-electron chi connectivity index (χ0n) is 7.44. The fourth-order valence-corrected chi connectivity index (χ4v) is 1.41. The standard InChI is InChI=1S/C7H9N3O3S/c1-13-7(12)10-5-3-14-6(9-5)2-8-4-11/h3-4H,2H2,1H3,(H,8,11)(H,10,12). The fraction of sp³-hybridized carbons (Fsp3) is 0.286. The van der Waals surface area contributed by atoms with Crippen molar-refractivity contribution in [2.45, 2.75) is 6.54 Å². The van der Waals surface area contributed by atoms with Crippen LogP contribution in [0.2, 0.25) is 0 Å². The van der Waals surface area contributed by atoms with Gasteiger partial charge in [-0.25, -0.2) is 9.78 Å². The highest BCUT2D eigenvalue weighted by molar-refractivity contribution is 7.10. The van der Waals surface area contributed by atoms with E-state index in [0.29, 0.717) is 23.8 Å². The second-order valence-corrected chi connectivity index (χ2v) is 3.18. The van der Waals surface area contributed by atoms with Crippen molar-refractivity contribution in [3.63, 3.8) is 0 Å². The molecule has 1 aromatic heterocycles. The Morgan fingerprint density at radius 3 is 3.21 bits per heavy atom. The number of methoxy groups -OCH3 is 1. The number of hydrogen-bond donors (Lipinski definition) is 2. The van der Waals surface area contributed by atoms with Crippen LogP contribution in [0.5, 0.6) is 0 Å². The summed E-state index contributed by atoms with van der Waals surface area (Å²) in [6.45, 7) is 0.358. The zero-order chi connectivity index (χ0) is 10.4. The number of hydrogen-bond acceptors (Lipinski definition) is 5. The summed E-state index contributed by atoms with van der Waals surface area (Å²) < 4.78 is 4.39. The van der Waals surface area contributed by atoms with Crippen molar-refractivity contribution < 1.29 is 14.3 Å². The molecule has 14 heavy (non-hydrogen) atoms. The van der Waals surface area contributed by atoms with Crippen LogP contribution in [-0.2, 0) is 16.1 Å². The number of rotatable bonds is 4. The van der Waals surface area contributed by atoms with Gasteiger partial charge in [0, 0.05) is 5.38 Å². The number of anilines is 1. The van der Waals surface area contributed by atoms with Gasteiger partial charge in [-0.15, -0.1) is 11.3 Å². The predicted octanol–water partition coefficient (Wildman–Crippen LogP) is 0.567. The first-order valence-electron chi connectivity index (χ1n) is 3.72. The largest absolute Gasteiger partial charge is 0.453 e. The topological polar surface area (TPSA) is 80.3 Å². The molecule has 0 radical (unpaired) electrons. The molecule has 0 aliphatic rings. The van der Waals surface area contributed by atoms with Crippen molar-refractivity contribution in [3.05, 3.63) is 10.4 Å². The van der Waals surface area contributed by atoms with E-state index in [1.807, 2.05) is 0 Å². The molecule has 2 amide bonds. The monoisotopic (exact) mass is 215 g/mol. The van der Waals surface area contributed by atoms with Crippen LogP contribution in [0.25, 0.3) is 0 Å². The van der Waals surface area contributed by atoms with Crippen LogP contribution in [0.1, 0.15) is 5.01 Å². The summed E-state index contributed by atoms with van der Waals surface area (Å²) in [7, 11) is 1.27. The van der Waals surface area contributed by atoms with Crippen LogP contribution in [0.3, 0.4) is 0 Å². The number of nitrogens with one attached hydrogen (secondary N) is 2. The smallest absolute Gasteiger partial charge is 0.412 e. The van der Waals surface area contributed by atoms with E-state index >= 15 is 0 Å². The van der Waals surface area contributed by atoms with Crippen LogP contribution in [0.15, 0.2) is 5.38 Å². The van der Waals surface area contributed by atoms with Gasteiger partial charge in [-0.3, -0.25) is 10.1 Å². The molecule has 0 fully saturated rings. The van der Waals surface area contributed by atoms with Crippen molar-refractivity contribution in [2.24, 2.45) is 0 Å². The predicted molar refractivity (Wildman–Crippen MR) is 51.0 cm³/mol. The Morgan fingerprint density at radius 1 is 1.79 bits per heavy atom. The van der Waals surface area contributed by atoms with Gasteiger partial charge in [0.25, 0.3) is 0 Å². The summed E-state index contributed by atoms with van der Waals surface area (Å²) in [5.74, 6) is 0.421. The third-order valence-corrected chi connectivity index (χ3v) is 2.15. The molecule has 7 heteroatoms. The lowest BCUT2D eigenvalue weighted by Gasteiger charge is -1.97. The Labute approximate surface area is 84.3 Å².